The van der Waals surface area contributed by atoms with Gasteiger partial charge in [-0.2, -0.15) is 0 Å². The summed E-state index contributed by atoms with van der Waals surface area (Å²) in [5.41, 5.74) is 2.12. The second-order valence-electron chi connectivity index (χ2n) is 4.70. The van der Waals surface area contributed by atoms with E-state index < -0.39 is 0 Å². The van der Waals surface area contributed by atoms with Crippen LogP contribution in [-0.4, -0.2) is 29.6 Å². The number of H-pyrrole nitrogens is 1. The Bertz CT molecular complexity index is 452. The van der Waals surface area contributed by atoms with Crippen LogP contribution in [-0.2, 0) is 0 Å². The van der Waals surface area contributed by atoms with Gasteiger partial charge in [-0.1, -0.05) is 12.1 Å². The number of benzene rings is 1. The van der Waals surface area contributed by atoms with Crippen LogP contribution in [0.15, 0.2) is 24.3 Å². The van der Waals surface area contributed by atoms with Gasteiger partial charge >= 0.3 is 0 Å². The van der Waals surface area contributed by atoms with Gasteiger partial charge in [0.25, 0.3) is 0 Å². The summed E-state index contributed by atoms with van der Waals surface area (Å²) >= 11 is 0. The molecule has 1 aliphatic heterocycles. The fourth-order valence-electron chi connectivity index (χ4n) is 2.38. The maximum absolute atomic E-state index is 4.51. The number of hydrogen-bond donors (Lipinski definition) is 3. The molecule has 1 atom stereocenters. The van der Waals surface area contributed by atoms with Crippen LogP contribution in [0.2, 0.25) is 0 Å². The molecular weight excluding hydrogens is 212 g/mol. The zero-order valence-electron chi connectivity index (χ0n) is 9.87. The van der Waals surface area contributed by atoms with Crippen LogP contribution >= 0.6 is 0 Å². The molecule has 0 spiro atoms. The molecule has 2 heterocycles. The molecule has 3 rings (SSSR count). The van der Waals surface area contributed by atoms with Crippen LogP contribution in [0.4, 0.5) is 5.95 Å². The number of fused-ring (bicyclic) bond motifs is 1. The van der Waals surface area contributed by atoms with Gasteiger partial charge < -0.3 is 15.6 Å². The van der Waals surface area contributed by atoms with E-state index in [0.29, 0.717) is 0 Å². The van der Waals surface area contributed by atoms with Crippen LogP contribution < -0.4 is 10.6 Å². The lowest BCUT2D eigenvalue weighted by atomic mass is 10.00. The highest BCUT2D eigenvalue weighted by Gasteiger charge is 2.12. The lowest BCUT2D eigenvalue weighted by molar-refractivity contribution is 0.392. The summed E-state index contributed by atoms with van der Waals surface area (Å²) in [6.07, 6.45) is 2.59. The average molecular weight is 230 g/mol. The maximum Gasteiger partial charge on any atom is 0.201 e. The highest BCUT2D eigenvalue weighted by Crippen LogP contribution is 2.15. The highest BCUT2D eigenvalue weighted by atomic mass is 15.1. The van der Waals surface area contributed by atoms with E-state index in [1.807, 2.05) is 18.2 Å². The summed E-state index contributed by atoms with van der Waals surface area (Å²) in [5, 5.41) is 6.82. The van der Waals surface area contributed by atoms with Crippen molar-refractivity contribution in [3.05, 3.63) is 24.3 Å². The molecule has 4 heteroatoms. The Morgan fingerprint density at radius 2 is 2.29 bits per heavy atom. The zero-order valence-corrected chi connectivity index (χ0v) is 9.87. The van der Waals surface area contributed by atoms with Crippen LogP contribution in [0.3, 0.4) is 0 Å². The van der Waals surface area contributed by atoms with E-state index >= 15 is 0 Å². The largest absolute Gasteiger partial charge is 0.355 e. The number of rotatable bonds is 3. The van der Waals surface area contributed by atoms with Gasteiger partial charge in [-0.05, 0) is 44.0 Å². The third-order valence-electron chi connectivity index (χ3n) is 3.35. The van der Waals surface area contributed by atoms with Crippen molar-refractivity contribution < 1.29 is 0 Å². The maximum atomic E-state index is 4.51. The van der Waals surface area contributed by atoms with E-state index in [1.54, 1.807) is 0 Å². The Morgan fingerprint density at radius 1 is 1.35 bits per heavy atom. The Hall–Kier alpha value is -1.55. The number of imidazole rings is 1. The smallest absolute Gasteiger partial charge is 0.201 e. The van der Waals surface area contributed by atoms with Crippen molar-refractivity contribution >= 4 is 17.0 Å². The molecule has 0 saturated carbocycles. The van der Waals surface area contributed by atoms with E-state index in [9.17, 15) is 0 Å². The lowest BCUT2D eigenvalue weighted by Gasteiger charge is -2.22. The van der Waals surface area contributed by atoms with Crippen molar-refractivity contribution in [1.82, 2.24) is 15.3 Å². The third-order valence-corrected chi connectivity index (χ3v) is 3.35. The van der Waals surface area contributed by atoms with Gasteiger partial charge in [0.1, 0.15) is 0 Å². The SMILES string of the molecule is c1ccc2[nH]c(NC[C@@H]3CCCNC3)nc2c1. The Labute approximate surface area is 101 Å². The van der Waals surface area contributed by atoms with Crippen molar-refractivity contribution in [1.29, 1.82) is 0 Å². The molecule has 17 heavy (non-hydrogen) atoms. The lowest BCUT2D eigenvalue weighted by Crippen LogP contribution is -2.33. The number of nitrogens with one attached hydrogen (secondary N) is 3. The second-order valence-corrected chi connectivity index (χ2v) is 4.70. The van der Waals surface area contributed by atoms with Gasteiger partial charge in [-0.3, -0.25) is 0 Å². The second kappa shape index (κ2) is 4.75. The van der Waals surface area contributed by atoms with Gasteiger partial charge in [0, 0.05) is 6.54 Å². The summed E-state index contributed by atoms with van der Waals surface area (Å²) in [6, 6.07) is 8.11. The van der Waals surface area contributed by atoms with Crippen LogP contribution in [0.1, 0.15) is 12.8 Å². The van der Waals surface area contributed by atoms with E-state index in [2.05, 4.69) is 26.7 Å². The molecule has 0 amide bonds. The van der Waals surface area contributed by atoms with Crippen molar-refractivity contribution in [2.45, 2.75) is 12.8 Å². The molecule has 2 aromatic rings. The standard InChI is InChI=1S/C13H18N4/c1-2-6-12-11(5-1)16-13(17-12)15-9-10-4-3-7-14-8-10/h1-2,5-6,10,14H,3-4,7-9H2,(H2,15,16,17)/t10-/m1/s1. The van der Waals surface area contributed by atoms with Crippen molar-refractivity contribution in [2.75, 3.05) is 25.0 Å². The molecule has 1 fully saturated rings. The molecule has 0 unspecified atom stereocenters. The number of hydrogen-bond acceptors (Lipinski definition) is 3. The molecule has 1 aliphatic rings. The molecule has 0 radical (unpaired) electrons. The summed E-state index contributed by atoms with van der Waals surface area (Å²) in [5.74, 6) is 1.61. The molecular formula is C13H18N4. The molecule has 1 saturated heterocycles. The molecule has 0 bridgehead atoms. The molecule has 1 aromatic carbocycles. The Kier molecular flexibility index (Phi) is 2.96. The zero-order chi connectivity index (χ0) is 11.5. The molecule has 4 nitrogen and oxygen atoms in total. The monoisotopic (exact) mass is 230 g/mol. The molecule has 0 aliphatic carbocycles. The number of nitrogens with zero attached hydrogens (tertiary/aromatic N) is 1. The number of aromatic nitrogens is 2. The topological polar surface area (TPSA) is 52.7 Å². The predicted octanol–water partition coefficient (Wildman–Crippen LogP) is 1.97. The van der Waals surface area contributed by atoms with Gasteiger partial charge in [0.2, 0.25) is 5.95 Å². The first kappa shape index (κ1) is 10.6. The average Bonchev–Trinajstić information content (AvgIpc) is 2.80. The normalized spacial score (nSPS) is 20.6. The van der Waals surface area contributed by atoms with Crippen LogP contribution in [0.25, 0.3) is 11.0 Å². The number of para-hydroxylation sites is 2. The Morgan fingerprint density at radius 3 is 3.12 bits per heavy atom. The van der Waals surface area contributed by atoms with E-state index in [4.69, 9.17) is 0 Å². The van der Waals surface area contributed by atoms with Gasteiger partial charge in [0.15, 0.2) is 0 Å². The van der Waals surface area contributed by atoms with Gasteiger partial charge in [-0.25, -0.2) is 4.98 Å². The predicted molar refractivity (Wildman–Crippen MR) is 70.2 cm³/mol. The van der Waals surface area contributed by atoms with E-state index in [0.717, 1.165) is 36.0 Å². The minimum absolute atomic E-state index is 0.719. The van der Waals surface area contributed by atoms with E-state index in [1.165, 1.54) is 19.4 Å². The van der Waals surface area contributed by atoms with Crippen molar-refractivity contribution in [2.24, 2.45) is 5.92 Å². The first-order valence-electron chi connectivity index (χ1n) is 6.31. The van der Waals surface area contributed by atoms with E-state index in [-0.39, 0.29) is 0 Å². The van der Waals surface area contributed by atoms with Gasteiger partial charge in [0.05, 0.1) is 11.0 Å². The number of anilines is 1. The molecule has 90 valence electrons. The fraction of sp³-hybridized carbons (Fsp3) is 0.462. The summed E-state index contributed by atoms with van der Waals surface area (Å²) in [4.78, 5) is 7.80. The van der Waals surface area contributed by atoms with Gasteiger partial charge in [-0.15, -0.1) is 0 Å². The quantitative estimate of drug-likeness (QED) is 0.755. The summed E-state index contributed by atoms with van der Waals surface area (Å²) in [7, 11) is 0. The first-order chi connectivity index (χ1) is 8.42. The fourth-order valence-corrected chi connectivity index (χ4v) is 2.38. The molecule has 3 N–H and O–H groups in total. The minimum Gasteiger partial charge on any atom is -0.355 e. The van der Waals surface area contributed by atoms with Crippen molar-refractivity contribution in [3.63, 3.8) is 0 Å². The molecule has 1 aromatic heterocycles. The highest BCUT2D eigenvalue weighted by molar-refractivity contribution is 5.77. The van der Waals surface area contributed by atoms with Crippen molar-refractivity contribution in [3.8, 4) is 0 Å². The summed E-state index contributed by atoms with van der Waals surface area (Å²) in [6.45, 7) is 3.28. The minimum atomic E-state index is 0.719. The third kappa shape index (κ3) is 2.42. The van der Waals surface area contributed by atoms with Crippen LogP contribution in [0, 0.1) is 5.92 Å². The number of piperidine rings is 1. The Balaban J connectivity index is 1.64. The van der Waals surface area contributed by atoms with Crippen LogP contribution in [0.5, 0.6) is 0 Å². The summed E-state index contributed by atoms with van der Waals surface area (Å²) < 4.78 is 0. The number of aromatic amines is 1. The first-order valence-corrected chi connectivity index (χ1v) is 6.31.